The Kier molecular flexibility index (Phi) is 3.20. The summed E-state index contributed by atoms with van der Waals surface area (Å²) in [6.07, 6.45) is 8.54. The summed E-state index contributed by atoms with van der Waals surface area (Å²) in [5.74, 6) is 1.25. The van der Waals surface area contributed by atoms with Crippen LogP contribution in [0.25, 0.3) is 0 Å². The molecule has 0 heteroatoms. The van der Waals surface area contributed by atoms with Crippen LogP contribution in [-0.4, -0.2) is 0 Å². The molecule has 2 atom stereocenters. The Bertz CT molecular complexity index is 614. The monoisotopic (exact) mass is 280 g/mol. The summed E-state index contributed by atoms with van der Waals surface area (Å²) >= 11 is 0. The van der Waals surface area contributed by atoms with Gasteiger partial charge in [0.1, 0.15) is 0 Å². The summed E-state index contributed by atoms with van der Waals surface area (Å²) in [5, 5.41) is 0. The minimum Gasteiger partial charge on any atom is -0.0799 e. The zero-order valence-corrected chi connectivity index (χ0v) is 14.3. The first-order chi connectivity index (χ1) is 9.66. The van der Waals surface area contributed by atoms with Gasteiger partial charge in [-0.05, 0) is 45.4 Å². The summed E-state index contributed by atoms with van der Waals surface area (Å²) < 4.78 is 0. The Hall–Kier alpha value is -1.30. The number of fused-ring (bicyclic) bond motifs is 3. The van der Waals surface area contributed by atoms with E-state index in [4.69, 9.17) is 0 Å². The van der Waals surface area contributed by atoms with E-state index >= 15 is 0 Å². The second kappa shape index (κ2) is 4.60. The maximum Gasteiger partial charge on any atom is 0.00929 e. The highest BCUT2D eigenvalue weighted by Crippen LogP contribution is 2.46. The van der Waals surface area contributed by atoms with Gasteiger partial charge in [-0.3, -0.25) is 0 Å². The van der Waals surface area contributed by atoms with Crippen LogP contribution in [0.15, 0.2) is 42.0 Å². The van der Waals surface area contributed by atoms with E-state index in [1.807, 2.05) is 0 Å². The van der Waals surface area contributed by atoms with E-state index in [1.54, 1.807) is 11.1 Å². The third kappa shape index (κ3) is 2.61. The molecule has 2 aliphatic carbocycles. The molecule has 0 bridgehead atoms. The lowest BCUT2D eigenvalue weighted by atomic mass is 9.77. The number of hydrogen-bond donors (Lipinski definition) is 0. The third-order valence-electron chi connectivity index (χ3n) is 5.04. The SMILES string of the molecule is CC(C)(C)C1=CC2c3cc(C(C)(C)C)ccc3CC2C=C1. The molecule has 3 rings (SSSR count). The summed E-state index contributed by atoms with van der Waals surface area (Å²) in [6.45, 7) is 13.8. The summed E-state index contributed by atoms with van der Waals surface area (Å²) in [5.41, 5.74) is 6.53. The topological polar surface area (TPSA) is 0 Å². The van der Waals surface area contributed by atoms with Gasteiger partial charge in [0.15, 0.2) is 0 Å². The maximum absolute atomic E-state index is 2.53. The van der Waals surface area contributed by atoms with Gasteiger partial charge in [-0.2, -0.15) is 0 Å². The first kappa shape index (κ1) is 14.6. The van der Waals surface area contributed by atoms with Crippen LogP contribution in [-0.2, 0) is 11.8 Å². The smallest absolute Gasteiger partial charge is 0.00929 e. The Morgan fingerprint density at radius 1 is 0.952 bits per heavy atom. The zero-order valence-electron chi connectivity index (χ0n) is 14.3. The molecule has 0 spiro atoms. The normalized spacial score (nSPS) is 24.6. The van der Waals surface area contributed by atoms with Crippen molar-refractivity contribution in [2.45, 2.75) is 59.3 Å². The molecule has 21 heavy (non-hydrogen) atoms. The molecular weight excluding hydrogens is 252 g/mol. The van der Waals surface area contributed by atoms with Gasteiger partial charge in [0.2, 0.25) is 0 Å². The van der Waals surface area contributed by atoms with Crippen LogP contribution in [0.5, 0.6) is 0 Å². The summed E-state index contributed by atoms with van der Waals surface area (Å²) in [7, 11) is 0. The average molecular weight is 280 g/mol. The van der Waals surface area contributed by atoms with Crippen LogP contribution in [0.1, 0.15) is 64.2 Å². The van der Waals surface area contributed by atoms with Crippen LogP contribution in [0.3, 0.4) is 0 Å². The molecule has 112 valence electrons. The molecule has 0 heterocycles. The Morgan fingerprint density at radius 3 is 2.29 bits per heavy atom. The highest BCUT2D eigenvalue weighted by Gasteiger charge is 2.33. The summed E-state index contributed by atoms with van der Waals surface area (Å²) in [6, 6.07) is 7.16. The minimum atomic E-state index is 0.230. The fraction of sp³-hybridized carbons (Fsp3) is 0.524. The molecule has 0 radical (unpaired) electrons. The van der Waals surface area contributed by atoms with E-state index in [2.05, 4.69) is 78.0 Å². The lowest BCUT2D eigenvalue weighted by Crippen LogP contribution is -2.15. The largest absolute Gasteiger partial charge is 0.0799 e. The van der Waals surface area contributed by atoms with E-state index in [0.717, 1.165) is 0 Å². The lowest BCUT2D eigenvalue weighted by molar-refractivity contribution is 0.499. The van der Waals surface area contributed by atoms with Gasteiger partial charge in [-0.15, -0.1) is 0 Å². The van der Waals surface area contributed by atoms with Gasteiger partial charge in [0, 0.05) is 5.92 Å². The van der Waals surface area contributed by atoms with Crippen LogP contribution in [0.4, 0.5) is 0 Å². The van der Waals surface area contributed by atoms with E-state index in [1.165, 1.54) is 17.6 Å². The standard InChI is InChI=1S/C21H28/c1-20(2,3)16-9-7-14-11-15-8-10-17(21(4,5)6)13-19(15)18(14)12-16/h7-10,12-14,18H,11H2,1-6H3. The third-order valence-corrected chi connectivity index (χ3v) is 5.04. The maximum atomic E-state index is 2.53. The van der Waals surface area contributed by atoms with Gasteiger partial charge in [0.05, 0.1) is 0 Å². The van der Waals surface area contributed by atoms with Gasteiger partial charge in [0.25, 0.3) is 0 Å². The van der Waals surface area contributed by atoms with Crippen molar-refractivity contribution >= 4 is 0 Å². The van der Waals surface area contributed by atoms with Crippen molar-refractivity contribution in [2.24, 2.45) is 11.3 Å². The number of allylic oxidation sites excluding steroid dienone is 4. The van der Waals surface area contributed by atoms with Crippen LogP contribution >= 0.6 is 0 Å². The first-order valence-electron chi connectivity index (χ1n) is 8.20. The Morgan fingerprint density at radius 2 is 1.67 bits per heavy atom. The number of hydrogen-bond acceptors (Lipinski definition) is 0. The highest BCUT2D eigenvalue weighted by molar-refractivity contribution is 5.48. The zero-order chi connectivity index (χ0) is 15.4. The van der Waals surface area contributed by atoms with Gasteiger partial charge in [-0.25, -0.2) is 0 Å². The van der Waals surface area contributed by atoms with Gasteiger partial charge >= 0.3 is 0 Å². The van der Waals surface area contributed by atoms with Crippen molar-refractivity contribution in [3.05, 3.63) is 58.7 Å². The molecule has 1 aromatic carbocycles. The van der Waals surface area contributed by atoms with Crippen molar-refractivity contribution in [1.82, 2.24) is 0 Å². The van der Waals surface area contributed by atoms with Gasteiger partial charge < -0.3 is 0 Å². The second-order valence-electron chi connectivity index (χ2n) is 8.79. The van der Waals surface area contributed by atoms with Crippen molar-refractivity contribution in [2.75, 3.05) is 0 Å². The molecule has 0 saturated heterocycles. The molecule has 0 fully saturated rings. The Balaban J connectivity index is 2.04. The fourth-order valence-electron chi connectivity index (χ4n) is 3.55. The van der Waals surface area contributed by atoms with E-state index < -0.39 is 0 Å². The molecule has 1 aromatic rings. The van der Waals surface area contributed by atoms with E-state index in [0.29, 0.717) is 11.8 Å². The molecule has 0 nitrogen and oxygen atoms in total. The molecular formula is C21H28. The molecule has 0 aromatic heterocycles. The van der Waals surface area contributed by atoms with Crippen molar-refractivity contribution < 1.29 is 0 Å². The molecule has 2 aliphatic rings. The van der Waals surface area contributed by atoms with Crippen LogP contribution in [0.2, 0.25) is 0 Å². The predicted molar refractivity (Wildman–Crippen MR) is 91.8 cm³/mol. The highest BCUT2D eigenvalue weighted by atomic mass is 14.4. The molecule has 0 N–H and O–H groups in total. The lowest BCUT2D eigenvalue weighted by Gasteiger charge is -2.28. The number of benzene rings is 1. The molecule has 0 amide bonds. The fourth-order valence-corrected chi connectivity index (χ4v) is 3.55. The summed E-state index contributed by atoms with van der Waals surface area (Å²) in [4.78, 5) is 0. The van der Waals surface area contributed by atoms with Crippen LogP contribution in [0, 0.1) is 11.3 Å². The van der Waals surface area contributed by atoms with E-state index in [-0.39, 0.29) is 10.8 Å². The van der Waals surface area contributed by atoms with Crippen molar-refractivity contribution in [3.8, 4) is 0 Å². The molecule has 2 unspecified atom stereocenters. The Labute approximate surface area is 130 Å². The minimum absolute atomic E-state index is 0.230. The van der Waals surface area contributed by atoms with Crippen molar-refractivity contribution in [1.29, 1.82) is 0 Å². The molecule has 0 saturated carbocycles. The molecule has 0 aliphatic heterocycles. The van der Waals surface area contributed by atoms with E-state index in [9.17, 15) is 0 Å². The van der Waals surface area contributed by atoms with Crippen LogP contribution < -0.4 is 0 Å². The quantitative estimate of drug-likeness (QED) is 0.565. The van der Waals surface area contributed by atoms with Gasteiger partial charge in [-0.1, -0.05) is 78.0 Å². The second-order valence-corrected chi connectivity index (χ2v) is 8.79. The van der Waals surface area contributed by atoms with Crippen molar-refractivity contribution in [3.63, 3.8) is 0 Å². The average Bonchev–Trinajstić information content (AvgIpc) is 2.73. The predicted octanol–water partition coefficient (Wildman–Crippen LogP) is 5.78. The first-order valence-corrected chi connectivity index (χ1v) is 8.20. The number of rotatable bonds is 0.